The van der Waals surface area contributed by atoms with Crippen LogP contribution in [0.2, 0.25) is 0 Å². The highest BCUT2D eigenvalue weighted by Gasteiger charge is 2.32. The highest BCUT2D eigenvalue weighted by atomic mass is 16.5. The third-order valence-electron chi connectivity index (χ3n) is 3.14. The van der Waals surface area contributed by atoms with E-state index < -0.39 is 5.54 Å². The maximum Gasteiger partial charge on any atom is 0.119 e. The van der Waals surface area contributed by atoms with E-state index in [4.69, 9.17) is 9.84 Å². The largest absolute Gasteiger partial charge is 0.492 e. The first-order valence-corrected chi connectivity index (χ1v) is 6.36. The van der Waals surface area contributed by atoms with E-state index in [0.29, 0.717) is 12.6 Å². The quantitative estimate of drug-likeness (QED) is 0.678. The predicted octanol–water partition coefficient (Wildman–Crippen LogP) is 1.06. The molecular formula is C14H21NO3. The molecule has 1 unspecified atom stereocenters. The van der Waals surface area contributed by atoms with Gasteiger partial charge >= 0.3 is 0 Å². The molecule has 2 rings (SSSR count). The third kappa shape index (κ3) is 3.70. The van der Waals surface area contributed by atoms with Crippen LogP contribution in [0.3, 0.4) is 0 Å². The summed E-state index contributed by atoms with van der Waals surface area (Å²) in [6.07, 6.45) is 2.36. The summed E-state index contributed by atoms with van der Waals surface area (Å²) in [5.41, 5.74) is 0.472. The fourth-order valence-electron chi connectivity index (χ4n) is 1.79. The SMILES string of the molecule is CC(CO)(COc1ccc(CO)cc1)NC1CC1. The van der Waals surface area contributed by atoms with Crippen molar-refractivity contribution >= 4 is 0 Å². The molecule has 0 heterocycles. The number of aliphatic hydroxyl groups excluding tert-OH is 2. The van der Waals surface area contributed by atoms with Crippen LogP contribution in [0.15, 0.2) is 24.3 Å². The molecule has 0 aromatic heterocycles. The second kappa shape index (κ2) is 5.69. The number of hydrogen-bond acceptors (Lipinski definition) is 4. The van der Waals surface area contributed by atoms with Crippen LogP contribution in [0.5, 0.6) is 5.75 Å². The lowest BCUT2D eigenvalue weighted by Crippen LogP contribution is -2.51. The van der Waals surface area contributed by atoms with Crippen LogP contribution in [-0.2, 0) is 6.61 Å². The van der Waals surface area contributed by atoms with Crippen LogP contribution < -0.4 is 10.1 Å². The van der Waals surface area contributed by atoms with Gasteiger partial charge in [-0.15, -0.1) is 0 Å². The monoisotopic (exact) mass is 251 g/mol. The van der Waals surface area contributed by atoms with Crippen LogP contribution in [-0.4, -0.2) is 35.0 Å². The van der Waals surface area contributed by atoms with E-state index in [9.17, 15) is 5.11 Å². The van der Waals surface area contributed by atoms with Crippen LogP contribution in [0.1, 0.15) is 25.3 Å². The van der Waals surface area contributed by atoms with Crippen molar-refractivity contribution in [3.8, 4) is 5.75 Å². The van der Waals surface area contributed by atoms with Gasteiger partial charge in [-0.2, -0.15) is 0 Å². The Balaban J connectivity index is 1.87. The standard InChI is InChI=1S/C14H21NO3/c1-14(9-17,15-12-4-5-12)10-18-13-6-2-11(8-16)3-7-13/h2-3,6-7,12,15-17H,4-5,8-10H2,1H3. The van der Waals surface area contributed by atoms with Gasteiger partial charge < -0.3 is 20.3 Å². The first-order valence-electron chi connectivity index (χ1n) is 6.36. The Morgan fingerprint density at radius 3 is 2.44 bits per heavy atom. The van der Waals surface area contributed by atoms with Crippen molar-refractivity contribution in [1.29, 1.82) is 0 Å². The lowest BCUT2D eigenvalue weighted by atomic mass is 10.1. The number of aliphatic hydroxyl groups is 2. The first kappa shape index (κ1) is 13.3. The van der Waals surface area contributed by atoms with Crippen molar-refractivity contribution in [1.82, 2.24) is 5.32 Å². The zero-order chi connectivity index (χ0) is 13.0. The van der Waals surface area contributed by atoms with Crippen LogP contribution in [0, 0.1) is 0 Å². The summed E-state index contributed by atoms with van der Waals surface area (Å²) in [4.78, 5) is 0. The van der Waals surface area contributed by atoms with Crippen LogP contribution in [0.25, 0.3) is 0 Å². The number of benzene rings is 1. The summed E-state index contributed by atoms with van der Waals surface area (Å²) in [5.74, 6) is 0.754. The van der Waals surface area contributed by atoms with Crippen molar-refractivity contribution in [2.45, 2.75) is 38.0 Å². The van der Waals surface area contributed by atoms with Crippen molar-refractivity contribution in [2.75, 3.05) is 13.2 Å². The summed E-state index contributed by atoms with van der Waals surface area (Å²) in [6, 6.07) is 7.86. The van der Waals surface area contributed by atoms with E-state index in [-0.39, 0.29) is 13.2 Å². The minimum atomic E-state index is -0.392. The molecule has 1 aliphatic carbocycles. The molecular weight excluding hydrogens is 230 g/mol. The molecule has 0 saturated heterocycles. The third-order valence-corrected chi connectivity index (χ3v) is 3.14. The molecule has 18 heavy (non-hydrogen) atoms. The lowest BCUT2D eigenvalue weighted by molar-refractivity contribution is 0.114. The first-order chi connectivity index (χ1) is 8.65. The normalized spacial score (nSPS) is 18.4. The summed E-state index contributed by atoms with van der Waals surface area (Å²) in [6.45, 7) is 2.49. The number of hydrogen-bond donors (Lipinski definition) is 3. The molecule has 4 heteroatoms. The van der Waals surface area contributed by atoms with E-state index >= 15 is 0 Å². The van der Waals surface area contributed by atoms with E-state index in [1.807, 2.05) is 31.2 Å². The van der Waals surface area contributed by atoms with Gasteiger partial charge in [-0.3, -0.25) is 0 Å². The molecule has 1 aliphatic rings. The molecule has 0 aliphatic heterocycles. The minimum absolute atomic E-state index is 0.0396. The minimum Gasteiger partial charge on any atom is -0.492 e. The Hall–Kier alpha value is -1.10. The van der Waals surface area contributed by atoms with Gasteiger partial charge in [0.15, 0.2) is 0 Å². The number of rotatable bonds is 7. The predicted molar refractivity (Wildman–Crippen MR) is 69.5 cm³/mol. The molecule has 4 nitrogen and oxygen atoms in total. The molecule has 0 amide bonds. The fourth-order valence-corrected chi connectivity index (χ4v) is 1.79. The molecule has 0 bridgehead atoms. The van der Waals surface area contributed by atoms with Crippen LogP contribution in [0.4, 0.5) is 0 Å². The van der Waals surface area contributed by atoms with Gasteiger partial charge in [-0.05, 0) is 37.5 Å². The summed E-state index contributed by atoms with van der Waals surface area (Å²) in [5, 5.41) is 21.8. The Labute approximate surface area is 108 Å². The molecule has 1 aromatic carbocycles. The topological polar surface area (TPSA) is 61.7 Å². The smallest absolute Gasteiger partial charge is 0.119 e. The average Bonchev–Trinajstić information content (AvgIpc) is 3.21. The second-order valence-corrected chi connectivity index (χ2v) is 5.23. The van der Waals surface area contributed by atoms with Gasteiger partial charge in [0.1, 0.15) is 12.4 Å². The summed E-state index contributed by atoms with van der Waals surface area (Å²) < 4.78 is 5.69. The fraction of sp³-hybridized carbons (Fsp3) is 0.571. The average molecular weight is 251 g/mol. The Kier molecular flexibility index (Phi) is 4.22. The van der Waals surface area contributed by atoms with Gasteiger partial charge in [-0.25, -0.2) is 0 Å². The zero-order valence-electron chi connectivity index (χ0n) is 10.7. The Bertz CT molecular complexity index is 375. The highest BCUT2D eigenvalue weighted by molar-refractivity contribution is 5.26. The van der Waals surface area contributed by atoms with E-state index in [1.54, 1.807) is 0 Å². The van der Waals surface area contributed by atoms with Crippen LogP contribution >= 0.6 is 0 Å². The van der Waals surface area contributed by atoms with Crippen molar-refractivity contribution in [3.05, 3.63) is 29.8 Å². The van der Waals surface area contributed by atoms with Crippen molar-refractivity contribution in [3.63, 3.8) is 0 Å². The Morgan fingerprint density at radius 1 is 1.28 bits per heavy atom. The van der Waals surface area contributed by atoms with E-state index in [2.05, 4.69) is 5.32 Å². The van der Waals surface area contributed by atoms with E-state index in [1.165, 1.54) is 12.8 Å². The van der Waals surface area contributed by atoms with Gasteiger partial charge in [0, 0.05) is 6.04 Å². The Morgan fingerprint density at radius 2 is 1.94 bits per heavy atom. The van der Waals surface area contributed by atoms with E-state index in [0.717, 1.165) is 11.3 Å². The molecule has 0 radical (unpaired) electrons. The molecule has 3 N–H and O–H groups in total. The summed E-state index contributed by atoms with van der Waals surface area (Å²) >= 11 is 0. The highest BCUT2D eigenvalue weighted by Crippen LogP contribution is 2.23. The number of ether oxygens (including phenoxy) is 1. The van der Waals surface area contributed by atoms with Crippen molar-refractivity contribution < 1.29 is 14.9 Å². The summed E-state index contributed by atoms with van der Waals surface area (Å²) in [7, 11) is 0. The second-order valence-electron chi connectivity index (χ2n) is 5.23. The van der Waals surface area contributed by atoms with Gasteiger partial charge in [0.2, 0.25) is 0 Å². The van der Waals surface area contributed by atoms with Gasteiger partial charge in [0.25, 0.3) is 0 Å². The maximum absolute atomic E-state index is 9.45. The van der Waals surface area contributed by atoms with Gasteiger partial charge in [-0.1, -0.05) is 12.1 Å². The van der Waals surface area contributed by atoms with Crippen molar-refractivity contribution in [2.24, 2.45) is 0 Å². The zero-order valence-corrected chi connectivity index (χ0v) is 10.7. The molecule has 0 spiro atoms. The molecule has 1 aromatic rings. The molecule has 1 fully saturated rings. The number of nitrogens with one attached hydrogen (secondary N) is 1. The maximum atomic E-state index is 9.45. The molecule has 100 valence electrons. The lowest BCUT2D eigenvalue weighted by Gasteiger charge is -2.28. The molecule has 1 atom stereocenters. The van der Waals surface area contributed by atoms with Gasteiger partial charge in [0.05, 0.1) is 18.8 Å². The molecule has 1 saturated carbocycles.